The van der Waals surface area contributed by atoms with Gasteiger partial charge in [0.2, 0.25) is 5.88 Å². The first kappa shape index (κ1) is 16.4. The third-order valence-electron chi connectivity index (χ3n) is 3.46. The van der Waals surface area contributed by atoms with E-state index in [2.05, 4.69) is 25.4 Å². The highest BCUT2D eigenvalue weighted by atomic mass is 35.5. The van der Waals surface area contributed by atoms with Crippen molar-refractivity contribution in [3.63, 3.8) is 0 Å². The number of amides is 1. The van der Waals surface area contributed by atoms with E-state index in [1.807, 2.05) is 11.4 Å². The zero-order valence-electron chi connectivity index (χ0n) is 13.2. The van der Waals surface area contributed by atoms with E-state index in [4.69, 9.17) is 16.3 Å². The molecule has 0 atom stereocenters. The number of hydrogen-bond acceptors (Lipinski definition) is 7. The minimum Gasteiger partial charge on any atom is -0.467 e. The third kappa shape index (κ3) is 3.35. The molecule has 4 aromatic rings. The standard InChI is InChI=1S/C16H11ClN6O2S/c17-10-1-2-13(23-9-18-7-21-23)12(5-10)22-14(24)6-25-15-11-3-4-26-16(11)20-8-19-15/h1-5,7-9H,6H2,(H,22,24). The average Bonchev–Trinajstić information content (AvgIpc) is 3.31. The lowest BCUT2D eigenvalue weighted by molar-refractivity contribution is -0.118. The van der Waals surface area contributed by atoms with Crippen molar-refractivity contribution in [2.75, 3.05) is 11.9 Å². The SMILES string of the molecule is O=C(COc1ncnc2sccc12)Nc1cc(Cl)ccc1-n1cncn1. The molecule has 1 amide bonds. The van der Waals surface area contributed by atoms with Gasteiger partial charge in [0.05, 0.1) is 16.8 Å². The number of fused-ring (bicyclic) bond motifs is 1. The van der Waals surface area contributed by atoms with Crippen molar-refractivity contribution < 1.29 is 9.53 Å². The van der Waals surface area contributed by atoms with Crippen LogP contribution in [0.2, 0.25) is 5.02 Å². The number of carbonyl (C=O) groups excluding carboxylic acids is 1. The fraction of sp³-hybridized carbons (Fsp3) is 0.0625. The maximum atomic E-state index is 12.3. The lowest BCUT2D eigenvalue weighted by Crippen LogP contribution is -2.21. The maximum absolute atomic E-state index is 12.3. The minimum absolute atomic E-state index is 0.203. The maximum Gasteiger partial charge on any atom is 0.262 e. The van der Waals surface area contributed by atoms with E-state index in [1.54, 1.807) is 18.2 Å². The van der Waals surface area contributed by atoms with Gasteiger partial charge in [0.1, 0.15) is 23.8 Å². The van der Waals surface area contributed by atoms with Gasteiger partial charge in [-0.1, -0.05) is 11.6 Å². The van der Waals surface area contributed by atoms with Gasteiger partial charge >= 0.3 is 0 Å². The monoisotopic (exact) mass is 386 g/mol. The van der Waals surface area contributed by atoms with Crippen LogP contribution >= 0.6 is 22.9 Å². The summed E-state index contributed by atoms with van der Waals surface area (Å²) in [6, 6.07) is 6.94. The molecule has 0 aliphatic rings. The first-order valence-electron chi connectivity index (χ1n) is 7.46. The Hall–Kier alpha value is -3.04. The summed E-state index contributed by atoms with van der Waals surface area (Å²) in [7, 11) is 0. The van der Waals surface area contributed by atoms with Gasteiger partial charge in [-0.2, -0.15) is 5.10 Å². The van der Waals surface area contributed by atoms with Gasteiger partial charge < -0.3 is 10.1 Å². The molecule has 0 fully saturated rings. The number of benzene rings is 1. The third-order valence-corrected chi connectivity index (χ3v) is 4.52. The van der Waals surface area contributed by atoms with Crippen molar-refractivity contribution in [1.29, 1.82) is 0 Å². The molecule has 0 unspecified atom stereocenters. The van der Waals surface area contributed by atoms with Gasteiger partial charge in [-0.05, 0) is 29.6 Å². The zero-order chi connectivity index (χ0) is 17.9. The molecule has 0 aliphatic heterocycles. The quantitative estimate of drug-likeness (QED) is 0.566. The summed E-state index contributed by atoms with van der Waals surface area (Å²) in [6.07, 6.45) is 4.35. The van der Waals surface area contributed by atoms with Crippen molar-refractivity contribution in [3.05, 3.63) is 53.7 Å². The summed E-state index contributed by atoms with van der Waals surface area (Å²) >= 11 is 7.52. The van der Waals surface area contributed by atoms with Crippen LogP contribution < -0.4 is 10.1 Å². The number of halogens is 1. The molecule has 4 rings (SSSR count). The summed E-state index contributed by atoms with van der Waals surface area (Å²) in [6.45, 7) is -0.203. The lowest BCUT2D eigenvalue weighted by atomic mass is 10.2. The fourth-order valence-electron chi connectivity index (χ4n) is 2.34. The minimum atomic E-state index is -0.351. The number of carbonyl (C=O) groups is 1. The number of ether oxygens (including phenoxy) is 1. The topological polar surface area (TPSA) is 94.8 Å². The van der Waals surface area contributed by atoms with Crippen molar-refractivity contribution in [2.45, 2.75) is 0 Å². The average molecular weight is 387 g/mol. The van der Waals surface area contributed by atoms with E-state index >= 15 is 0 Å². The molecule has 0 saturated heterocycles. The number of rotatable bonds is 5. The molecule has 0 spiro atoms. The van der Waals surface area contributed by atoms with Crippen molar-refractivity contribution in [2.24, 2.45) is 0 Å². The Labute approximate surface area is 156 Å². The molecule has 1 aromatic carbocycles. The molecule has 10 heteroatoms. The molecular formula is C16H11ClN6O2S. The van der Waals surface area contributed by atoms with Gasteiger partial charge in [-0.3, -0.25) is 4.79 Å². The second-order valence-electron chi connectivity index (χ2n) is 5.16. The molecule has 0 aliphatic carbocycles. The molecule has 0 radical (unpaired) electrons. The Kier molecular flexibility index (Phi) is 4.46. The molecular weight excluding hydrogens is 376 g/mol. The van der Waals surface area contributed by atoms with Crippen LogP contribution in [-0.2, 0) is 4.79 Å². The molecule has 0 saturated carbocycles. The molecule has 130 valence electrons. The molecule has 3 heterocycles. The van der Waals surface area contributed by atoms with E-state index in [0.29, 0.717) is 22.3 Å². The van der Waals surface area contributed by atoms with Gasteiger partial charge in [-0.25, -0.2) is 19.6 Å². The van der Waals surface area contributed by atoms with E-state index < -0.39 is 0 Å². The summed E-state index contributed by atoms with van der Waals surface area (Å²) in [4.78, 5) is 25.3. The number of nitrogens with one attached hydrogen (secondary N) is 1. The lowest BCUT2D eigenvalue weighted by Gasteiger charge is -2.12. The largest absolute Gasteiger partial charge is 0.467 e. The molecule has 26 heavy (non-hydrogen) atoms. The summed E-state index contributed by atoms with van der Waals surface area (Å²) in [5.41, 5.74) is 1.14. The Morgan fingerprint density at radius 3 is 3.04 bits per heavy atom. The Bertz CT molecular complexity index is 1070. The van der Waals surface area contributed by atoms with Crippen molar-refractivity contribution in [1.82, 2.24) is 24.7 Å². The van der Waals surface area contributed by atoms with E-state index in [9.17, 15) is 4.79 Å². The fourth-order valence-corrected chi connectivity index (χ4v) is 3.24. The van der Waals surface area contributed by atoms with Gasteiger partial charge in [0, 0.05) is 5.02 Å². The second-order valence-corrected chi connectivity index (χ2v) is 6.49. The van der Waals surface area contributed by atoms with Gasteiger partial charge in [0.15, 0.2) is 6.61 Å². The Balaban J connectivity index is 1.50. The van der Waals surface area contributed by atoms with Crippen LogP contribution in [0.15, 0.2) is 48.6 Å². The number of nitrogens with zero attached hydrogens (tertiary/aromatic N) is 5. The molecule has 1 N–H and O–H groups in total. The molecule has 8 nitrogen and oxygen atoms in total. The van der Waals surface area contributed by atoms with Crippen LogP contribution in [0, 0.1) is 0 Å². The van der Waals surface area contributed by atoms with Crippen molar-refractivity contribution in [3.8, 4) is 11.6 Å². The zero-order valence-corrected chi connectivity index (χ0v) is 14.7. The molecule has 3 aromatic heterocycles. The summed E-state index contributed by atoms with van der Waals surface area (Å²) < 4.78 is 7.08. The number of hydrogen-bond donors (Lipinski definition) is 1. The number of thiophene rings is 1. The molecule has 0 bridgehead atoms. The second kappa shape index (κ2) is 7.06. The highest BCUT2D eigenvalue weighted by Gasteiger charge is 2.12. The van der Waals surface area contributed by atoms with Crippen LogP contribution in [0.3, 0.4) is 0 Å². The number of aromatic nitrogens is 5. The van der Waals surface area contributed by atoms with E-state index in [1.165, 1.54) is 35.0 Å². The van der Waals surface area contributed by atoms with Gasteiger partial charge in [0.25, 0.3) is 5.91 Å². The van der Waals surface area contributed by atoms with E-state index in [-0.39, 0.29) is 12.5 Å². The first-order valence-corrected chi connectivity index (χ1v) is 8.72. The van der Waals surface area contributed by atoms with Crippen LogP contribution in [0.4, 0.5) is 5.69 Å². The van der Waals surface area contributed by atoms with Gasteiger partial charge in [-0.15, -0.1) is 11.3 Å². The smallest absolute Gasteiger partial charge is 0.262 e. The van der Waals surface area contributed by atoms with Crippen LogP contribution in [0.5, 0.6) is 5.88 Å². The van der Waals surface area contributed by atoms with Crippen LogP contribution in [-0.4, -0.2) is 37.2 Å². The summed E-state index contributed by atoms with van der Waals surface area (Å²) in [5, 5.41) is 10.00. The predicted octanol–water partition coefficient (Wildman–Crippen LogP) is 2.94. The Morgan fingerprint density at radius 1 is 1.27 bits per heavy atom. The van der Waals surface area contributed by atoms with Crippen LogP contribution in [0.25, 0.3) is 15.9 Å². The highest BCUT2D eigenvalue weighted by molar-refractivity contribution is 7.16. The normalized spacial score (nSPS) is 10.8. The first-order chi connectivity index (χ1) is 12.7. The highest BCUT2D eigenvalue weighted by Crippen LogP contribution is 2.26. The predicted molar refractivity (Wildman–Crippen MR) is 97.9 cm³/mol. The van der Waals surface area contributed by atoms with E-state index in [0.717, 1.165) is 10.2 Å². The Morgan fingerprint density at radius 2 is 2.19 bits per heavy atom. The number of anilines is 1. The van der Waals surface area contributed by atoms with Crippen LogP contribution in [0.1, 0.15) is 0 Å². The van der Waals surface area contributed by atoms with Crippen molar-refractivity contribution >= 4 is 44.7 Å². The summed E-state index contributed by atoms with van der Waals surface area (Å²) in [5.74, 6) is 0.0182.